The van der Waals surface area contributed by atoms with Crippen molar-refractivity contribution in [3.63, 3.8) is 0 Å². The van der Waals surface area contributed by atoms with E-state index in [2.05, 4.69) is 0 Å². The first-order chi connectivity index (χ1) is 15.3. The molecule has 2 aliphatic rings. The second kappa shape index (κ2) is 9.17. The summed E-state index contributed by atoms with van der Waals surface area (Å²) in [5.41, 5.74) is 2.92. The van der Waals surface area contributed by atoms with Gasteiger partial charge >= 0.3 is 12.4 Å². The standard InChI is InChI=1S/C19H20F6N4O4/c20-18(21,22)9-29(10-1-2-10)15(16(26)31)17(32)27-13-4-3-11(7-12(13)19(23,24)25)28-5-6-33-8-14(28)30/h3-4,7,10,15H,1-2,5-6,8-9H2,(H2,26,31)(H,27,32)/t15-/m1/s1. The van der Waals surface area contributed by atoms with Gasteiger partial charge in [0.15, 0.2) is 6.04 Å². The molecule has 1 aromatic carbocycles. The van der Waals surface area contributed by atoms with E-state index in [0.29, 0.717) is 11.0 Å². The van der Waals surface area contributed by atoms with Gasteiger partial charge in [-0.05, 0) is 31.0 Å². The molecule has 0 radical (unpaired) electrons. The fraction of sp³-hybridized carbons (Fsp3) is 0.526. The second-order valence-corrected chi connectivity index (χ2v) is 7.64. The largest absolute Gasteiger partial charge is 0.418 e. The molecule has 0 bridgehead atoms. The number of nitrogens with zero attached hydrogens (tertiary/aromatic N) is 2. The van der Waals surface area contributed by atoms with Crippen LogP contribution in [0.5, 0.6) is 0 Å². The van der Waals surface area contributed by atoms with E-state index in [9.17, 15) is 40.7 Å². The number of amides is 3. The van der Waals surface area contributed by atoms with Crippen LogP contribution in [0.25, 0.3) is 0 Å². The number of anilines is 2. The molecule has 3 amide bonds. The van der Waals surface area contributed by atoms with Crippen LogP contribution >= 0.6 is 0 Å². The molecular weight excluding hydrogens is 462 g/mol. The third-order valence-corrected chi connectivity index (χ3v) is 5.09. The van der Waals surface area contributed by atoms with Crippen LogP contribution < -0.4 is 16.0 Å². The predicted octanol–water partition coefficient (Wildman–Crippen LogP) is 1.89. The fourth-order valence-corrected chi connectivity index (χ4v) is 3.52. The summed E-state index contributed by atoms with van der Waals surface area (Å²) in [6.07, 6.45) is -9.19. The number of primary amides is 1. The first kappa shape index (κ1) is 24.8. The Hall–Kier alpha value is -2.87. The van der Waals surface area contributed by atoms with Gasteiger partial charge in [-0.3, -0.25) is 19.3 Å². The number of benzene rings is 1. The quantitative estimate of drug-likeness (QED) is 0.456. The average molecular weight is 482 g/mol. The molecule has 0 unspecified atom stereocenters. The zero-order chi connectivity index (χ0) is 24.6. The van der Waals surface area contributed by atoms with Crippen LogP contribution in [0.15, 0.2) is 18.2 Å². The van der Waals surface area contributed by atoms with Gasteiger partial charge in [-0.2, -0.15) is 26.3 Å². The minimum atomic E-state index is -4.99. The van der Waals surface area contributed by atoms with Crippen molar-refractivity contribution < 1.29 is 45.5 Å². The molecule has 3 N–H and O–H groups in total. The lowest BCUT2D eigenvalue weighted by atomic mass is 10.1. The van der Waals surface area contributed by atoms with Crippen molar-refractivity contribution in [3.8, 4) is 0 Å². The average Bonchev–Trinajstić information content (AvgIpc) is 3.51. The summed E-state index contributed by atoms with van der Waals surface area (Å²) in [7, 11) is 0. The molecule has 1 aromatic rings. The van der Waals surface area contributed by atoms with Crippen molar-refractivity contribution in [2.75, 3.05) is 36.5 Å². The van der Waals surface area contributed by atoms with Crippen LogP contribution in [0, 0.1) is 0 Å². The summed E-state index contributed by atoms with van der Waals surface area (Å²) >= 11 is 0. The third-order valence-electron chi connectivity index (χ3n) is 5.09. The highest BCUT2D eigenvalue weighted by Gasteiger charge is 2.46. The Morgan fingerprint density at radius 3 is 2.39 bits per heavy atom. The Labute approximate surface area is 183 Å². The first-order valence-corrected chi connectivity index (χ1v) is 9.80. The lowest BCUT2D eigenvalue weighted by Crippen LogP contribution is -2.55. The van der Waals surface area contributed by atoms with Gasteiger partial charge in [0, 0.05) is 18.3 Å². The predicted molar refractivity (Wildman–Crippen MR) is 102 cm³/mol. The monoisotopic (exact) mass is 482 g/mol. The van der Waals surface area contributed by atoms with E-state index in [1.807, 2.05) is 5.32 Å². The Morgan fingerprint density at radius 2 is 1.88 bits per heavy atom. The Morgan fingerprint density at radius 1 is 1.21 bits per heavy atom. The van der Waals surface area contributed by atoms with Crippen LogP contribution in [0.4, 0.5) is 37.7 Å². The van der Waals surface area contributed by atoms with E-state index >= 15 is 0 Å². The number of morpholine rings is 1. The molecule has 1 saturated carbocycles. The number of halogens is 6. The van der Waals surface area contributed by atoms with Gasteiger partial charge in [-0.25, -0.2) is 0 Å². The molecule has 33 heavy (non-hydrogen) atoms. The van der Waals surface area contributed by atoms with Crippen molar-refractivity contribution in [2.45, 2.75) is 37.3 Å². The van der Waals surface area contributed by atoms with Crippen LogP contribution in [0.3, 0.4) is 0 Å². The van der Waals surface area contributed by atoms with E-state index in [4.69, 9.17) is 10.5 Å². The van der Waals surface area contributed by atoms with Gasteiger partial charge in [0.2, 0.25) is 5.91 Å². The second-order valence-electron chi connectivity index (χ2n) is 7.64. The van der Waals surface area contributed by atoms with Gasteiger partial charge in [0.1, 0.15) is 6.61 Å². The van der Waals surface area contributed by atoms with Gasteiger partial charge in [-0.15, -0.1) is 0 Å². The number of nitrogens with one attached hydrogen (secondary N) is 1. The zero-order valence-corrected chi connectivity index (χ0v) is 17.0. The number of hydrogen-bond donors (Lipinski definition) is 2. The summed E-state index contributed by atoms with van der Waals surface area (Å²) in [4.78, 5) is 38.1. The maximum Gasteiger partial charge on any atom is 0.418 e. The maximum absolute atomic E-state index is 13.7. The minimum absolute atomic E-state index is 0.0133. The third kappa shape index (κ3) is 6.13. The molecule has 1 saturated heterocycles. The lowest BCUT2D eigenvalue weighted by molar-refractivity contribution is -0.158. The SMILES string of the molecule is NC(=O)[C@H](C(=O)Nc1ccc(N2CCOCC2=O)cc1C(F)(F)F)N(CC(F)(F)F)C1CC1. The van der Waals surface area contributed by atoms with Crippen LogP contribution in [0.1, 0.15) is 18.4 Å². The van der Waals surface area contributed by atoms with Crippen molar-refractivity contribution in [1.29, 1.82) is 0 Å². The van der Waals surface area contributed by atoms with E-state index < -0.39 is 60.0 Å². The van der Waals surface area contributed by atoms with E-state index in [0.717, 1.165) is 17.0 Å². The van der Waals surface area contributed by atoms with Crippen molar-refractivity contribution in [1.82, 2.24) is 4.90 Å². The molecule has 3 rings (SSSR count). The zero-order valence-electron chi connectivity index (χ0n) is 17.0. The van der Waals surface area contributed by atoms with E-state index in [-0.39, 0.29) is 38.3 Å². The Kier molecular flexibility index (Phi) is 6.88. The van der Waals surface area contributed by atoms with Crippen LogP contribution in [-0.4, -0.2) is 67.2 Å². The number of alkyl halides is 6. The molecular formula is C19H20F6N4O4. The maximum atomic E-state index is 13.7. The normalized spacial score (nSPS) is 18.4. The number of ether oxygens (including phenoxy) is 1. The molecule has 1 aliphatic heterocycles. The van der Waals surface area contributed by atoms with Crippen LogP contribution in [-0.2, 0) is 25.3 Å². The smallest absolute Gasteiger partial charge is 0.370 e. The highest BCUT2D eigenvalue weighted by Crippen LogP contribution is 2.38. The molecule has 182 valence electrons. The Bertz CT molecular complexity index is 932. The van der Waals surface area contributed by atoms with Gasteiger partial charge in [-0.1, -0.05) is 0 Å². The molecule has 1 atom stereocenters. The van der Waals surface area contributed by atoms with Crippen molar-refractivity contribution >= 4 is 29.1 Å². The van der Waals surface area contributed by atoms with Gasteiger partial charge < -0.3 is 20.7 Å². The Balaban J connectivity index is 1.90. The number of nitrogens with two attached hydrogens (primary N) is 1. The number of hydrogen-bond acceptors (Lipinski definition) is 5. The van der Waals surface area contributed by atoms with E-state index in [1.165, 1.54) is 0 Å². The molecule has 14 heteroatoms. The summed E-state index contributed by atoms with van der Waals surface area (Å²) < 4.78 is 84.9. The topological polar surface area (TPSA) is 105 Å². The highest BCUT2D eigenvalue weighted by atomic mass is 19.4. The van der Waals surface area contributed by atoms with Gasteiger partial charge in [0.25, 0.3) is 11.8 Å². The molecule has 8 nitrogen and oxygen atoms in total. The lowest BCUT2D eigenvalue weighted by Gasteiger charge is -2.30. The van der Waals surface area contributed by atoms with Crippen molar-refractivity contribution in [2.24, 2.45) is 5.73 Å². The van der Waals surface area contributed by atoms with E-state index in [1.54, 1.807) is 0 Å². The molecule has 2 fully saturated rings. The summed E-state index contributed by atoms with van der Waals surface area (Å²) in [5, 5.41) is 1.89. The molecule has 0 spiro atoms. The minimum Gasteiger partial charge on any atom is -0.370 e. The fourth-order valence-electron chi connectivity index (χ4n) is 3.52. The first-order valence-electron chi connectivity index (χ1n) is 9.80. The van der Waals surface area contributed by atoms with Crippen molar-refractivity contribution in [3.05, 3.63) is 23.8 Å². The summed E-state index contributed by atoms with van der Waals surface area (Å²) in [6.45, 7) is -1.80. The molecule has 1 heterocycles. The van der Waals surface area contributed by atoms with Crippen LogP contribution in [0.2, 0.25) is 0 Å². The summed E-state index contributed by atoms with van der Waals surface area (Å²) in [5.74, 6) is -3.40. The number of carbonyl (C=O) groups is 3. The number of carbonyl (C=O) groups excluding carboxylic acids is 3. The van der Waals surface area contributed by atoms with Gasteiger partial charge in [0.05, 0.1) is 24.4 Å². The number of rotatable bonds is 7. The molecule has 0 aromatic heterocycles. The molecule has 1 aliphatic carbocycles. The summed E-state index contributed by atoms with van der Waals surface area (Å²) in [6, 6.07) is -0.233. The highest BCUT2D eigenvalue weighted by molar-refractivity contribution is 6.10.